The average Bonchev–Trinajstić information content (AvgIpc) is 2.67. The SMILES string of the molecule is CCC(C)(OOC(C)(C)C)OOC(C)(C)C.CCOC(=O)CC(C)(OOC(C)(C)C)OOC(C)(C)C. The van der Waals surface area contributed by atoms with Gasteiger partial charge in [-0.25, -0.2) is 19.6 Å². The maximum atomic E-state index is 11.6. The zero-order valence-corrected chi connectivity index (χ0v) is 25.7. The molecule has 0 N–H and O–H groups in total. The highest BCUT2D eigenvalue weighted by Gasteiger charge is 2.37. The summed E-state index contributed by atoms with van der Waals surface area (Å²) in [6.07, 6.45) is 0.478. The lowest BCUT2D eigenvalue weighted by Crippen LogP contribution is -2.40. The Bertz CT molecular complexity index is 570. The maximum Gasteiger partial charge on any atom is 0.311 e. The molecule has 0 bridgehead atoms. The first-order valence-corrected chi connectivity index (χ1v) is 12.5. The highest BCUT2D eigenvalue weighted by atomic mass is 17.3. The summed E-state index contributed by atoms with van der Waals surface area (Å²) in [7, 11) is 0. The number of esters is 1. The van der Waals surface area contributed by atoms with Gasteiger partial charge in [-0.2, -0.15) is 19.6 Å². The summed E-state index contributed by atoms with van der Waals surface area (Å²) in [6.45, 7) is 29.7. The molecule has 0 unspecified atom stereocenters. The largest absolute Gasteiger partial charge is 0.466 e. The number of rotatable bonds is 12. The molecule has 0 aromatic carbocycles. The summed E-state index contributed by atoms with van der Waals surface area (Å²) in [4.78, 5) is 53.7. The number of hydrogen-bond donors (Lipinski definition) is 0. The van der Waals surface area contributed by atoms with Crippen molar-refractivity contribution in [3.05, 3.63) is 0 Å². The first-order chi connectivity index (χ1) is 15.8. The van der Waals surface area contributed by atoms with Crippen molar-refractivity contribution >= 4 is 5.97 Å². The minimum atomic E-state index is -1.38. The molecule has 218 valence electrons. The monoisotopic (exact) mass is 526 g/mol. The van der Waals surface area contributed by atoms with E-state index in [9.17, 15) is 4.79 Å². The third kappa shape index (κ3) is 23.5. The Balaban J connectivity index is 0. The lowest BCUT2D eigenvalue weighted by molar-refractivity contribution is -0.536. The van der Waals surface area contributed by atoms with Crippen molar-refractivity contribution in [1.82, 2.24) is 0 Å². The molecule has 0 aliphatic heterocycles. The normalized spacial score (nSPS) is 13.8. The van der Waals surface area contributed by atoms with Crippen LogP contribution in [-0.2, 0) is 48.6 Å². The molecule has 36 heavy (non-hydrogen) atoms. The molecule has 0 amide bonds. The van der Waals surface area contributed by atoms with Gasteiger partial charge >= 0.3 is 5.97 Å². The summed E-state index contributed by atoms with van der Waals surface area (Å²) >= 11 is 0. The molecule has 0 aromatic rings. The minimum absolute atomic E-state index is 0.146. The summed E-state index contributed by atoms with van der Waals surface area (Å²) in [5.41, 5.74) is -1.83. The van der Waals surface area contributed by atoms with Gasteiger partial charge in [0.15, 0.2) is 0 Å². The van der Waals surface area contributed by atoms with Crippen LogP contribution in [0.25, 0.3) is 0 Å². The molecule has 0 fully saturated rings. The Morgan fingerprint density at radius 2 is 0.750 bits per heavy atom. The van der Waals surface area contributed by atoms with Crippen LogP contribution in [0.3, 0.4) is 0 Å². The fourth-order valence-electron chi connectivity index (χ4n) is 1.53. The van der Waals surface area contributed by atoms with Gasteiger partial charge in [0.25, 0.3) is 0 Å². The Hall–Kier alpha value is -0.850. The van der Waals surface area contributed by atoms with Crippen LogP contribution in [0.4, 0.5) is 0 Å². The van der Waals surface area contributed by atoms with Crippen LogP contribution in [0.5, 0.6) is 0 Å². The molecule has 0 atom stereocenters. The van der Waals surface area contributed by atoms with E-state index in [1.165, 1.54) is 0 Å². The van der Waals surface area contributed by atoms with Crippen LogP contribution in [0.1, 0.15) is 124 Å². The lowest BCUT2D eigenvalue weighted by Gasteiger charge is -2.32. The number of hydrogen-bond acceptors (Lipinski definition) is 10. The van der Waals surface area contributed by atoms with Crippen LogP contribution in [0.15, 0.2) is 0 Å². The maximum absolute atomic E-state index is 11.6. The van der Waals surface area contributed by atoms with Crippen LogP contribution >= 0.6 is 0 Å². The molecule has 0 saturated carbocycles. The minimum Gasteiger partial charge on any atom is -0.466 e. The summed E-state index contributed by atoms with van der Waals surface area (Å²) < 4.78 is 4.89. The van der Waals surface area contributed by atoms with Crippen molar-refractivity contribution in [3.8, 4) is 0 Å². The van der Waals surface area contributed by atoms with Crippen molar-refractivity contribution in [1.29, 1.82) is 0 Å². The number of carbonyl (C=O) groups is 1. The molecular formula is C26H54O10. The predicted molar refractivity (Wildman–Crippen MR) is 136 cm³/mol. The van der Waals surface area contributed by atoms with E-state index in [1.54, 1.807) is 20.8 Å². The van der Waals surface area contributed by atoms with E-state index in [2.05, 4.69) is 0 Å². The molecule has 0 heterocycles. The van der Waals surface area contributed by atoms with Gasteiger partial charge < -0.3 is 4.74 Å². The van der Waals surface area contributed by atoms with Gasteiger partial charge in [-0.3, -0.25) is 4.79 Å². The highest BCUT2D eigenvalue weighted by molar-refractivity contribution is 5.70. The van der Waals surface area contributed by atoms with E-state index < -0.39 is 28.7 Å². The molecule has 10 nitrogen and oxygen atoms in total. The van der Waals surface area contributed by atoms with Crippen LogP contribution in [0, 0.1) is 0 Å². The van der Waals surface area contributed by atoms with E-state index in [-0.39, 0.29) is 24.2 Å². The first kappa shape index (κ1) is 37.3. The van der Waals surface area contributed by atoms with E-state index in [1.807, 2.05) is 90.0 Å². The van der Waals surface area contributed by atoms with Crippen molar-refractivity contribution in [2.75, 3.05) is 6.61 Å². The lowest BCUT2D eigenvalue weighted by atomic mass is 10.2. The molecule has 0 aliphatic carbocycles. The second-order valence-corrected chi connectivity index (χ2v) is 12.7. The van der Waals surface area contributed by atoms with Crippen molar-refractivity contribution < 1.29 is 48.6 Å². The molecule has 0 rings (SSSR count). The van der Waals surface area contributed by atoms with E-state index in [0.717, 1.165) is 0 Å². The predicted octanol–water partition coefficient (Wildman–Crippen LogP) is 6.76. The van der Waals surface area contributed by atoms with E-state index in [4.69, 9.17) is 43.8 Å². The first-order valence-electron chi connectivity index (χ1n) is 12.5. The van der Waals surface area contributed by atoms with Crippen LogP contribution in [0.2, 0.25) is 0 Å². The molecule has 0 aromatic heterocycles. The summed E-state index contributed by atoms with van der Waals surface area (Å²) in [5.74, 6) is -2.72. The van der Waals surface area contributed by atoms with Crippen LogP contribution < -0.4 is 0 Å². The second kappa shape index (κ2) is 14.9. The van der Waals surface area contributed by atoms with Gasteiger partial charge in [0.1, 0.15) is 6.42 Å². The Labute approximate surface area is 219 Å². The molecule has 0 spiro atoms. The number of carbonyl (C=O) groups excluding carboxylic acids is 1. The van der Waals surface area contributed by atoms with Crippen LogP contribution in [-0.4, -0.2) is 46.6 Å². The summed E-state index contributed by atoms with van der Waals surface area (Å²) in [6, 6.07) is 0. The van der Waals surface area contributed by atoms with Gasteiger partial charge in [0.2, 0.25) is 11.6 Å². The van der Waals surface area contributed by atoms with Gasteiger partial charge in [-0.05, 0) is 104 Å². The molecule has 0 aliphatic rings. The van der Waals surface area contributed by atoms with Gasteiger partial charge in [-0.1, -0.05) is 6.92 Å². The number of ether oxygens (including phenoxy) is 1. The molecule has 10 heteroatoms. The Morgan fingerprint density at radius 3 is 0.972 bits per heavy atom. The fraction of sp³-hybridized carbons (Fsp3) is 0.962. The zero-order chi connectivity index (χ0) is 29.1. The molecule has 0 saturated heterocycles. The quantitative estimate of drug-likeness (QED) is 0.117. The fourth-order valence-corrected chi connectivity index (χ4v) is 1.53. The third-order valence-electron chi connectivity index (χ3n) is 3.28. The Morgan fingerprint density at radius 1 is 0.472 bits per heavy atom. The summed E-state index contributed by atoms with van der Waals surface area (Å²) in [5, 5.41) is 0. The van der Waals surface area contributed by atoms with Crippen molar-refractivity contribution in [2.45, 2.75) is 158 Å². The van der Waals surface area contributed by atoms with Crippen molar-refractivity contribution in [3.63, 3.8) is 0 Å². The van der Waals surface area contributed by atoms with Gasteiger partial charge in [0, 0.05) is 6.42 Å². The Kier molecular flexibility index (Phi) is 15.5. The third-order valence-corrected chi connectivity index (χ3v) is 3.28. The smallest absolute Gasteiger partial charge is 0.311 e. The molecule has 0 radical (unpaired) electrons. The topological polar surface area (TPSA) is 100 Å². The zero-order valence-electron chi connectivity index (χ0n) is 25.7. The van der Waals surface area contributed by atoms with Gasteiger partial charge in [-0.15, -0.1) is 0 Å². The van der Waals surface area contributed by atoms with Crippen molar-refractivity contribution in [2.24, 2.45) is 0 Å². The highest BCUT2D eigenvalue weighted by Crippen LogP contribution is 2.26. The van der Waals surface area contributed by atoms with E-state index >= 15 is 0 Å². The average molecular weight is 527 g/mol. The second-order valence-electron chi connectivity index (χ2n) is 12.7. The standard InChI is InChI=1S/C14H28O6.C12H26O4/c1-9-16-11(15)10-14(8,19-17-12(2,3)4)20-18-13(5,6)7;1-9-12(8,15-13-10(2,3)4)16-14-11(5,6)7/h9-10H2,1-8H3;9H2,1-8H3. The molecular weight excluding hydrogens is 472 g/mol. The van der Waals surface area contributed by atoms with E-state index in [0.29, 0.717) is 6.42 Å². The van der Waals surface area contributed by atoms with Gasteiger partial charge in [0.05, 0.1) is 29.0 Å².